The molecule has 0 saturated carbocycles. The van der Waals surface area contributed by atoms with Gasteiger partial charge in [0.15, 0.2) is 0 Å². The topological polar surface area (TPSA) is 49.3 Å². The molecule has 0 heterocycles. The first-order chi connectivity index (χ1) is 6.09. The van der Waals surface area contributed by atoms with Crippen LogP contribution in [0, 0.1) is 0 Å². The van der Waals surface area contributed by atoms with Crippen molar-refractivity contribution < 1.29 is 9.90 Å². The minimum Gasteiger partial charge on any atom is -0.384 e. The predicted molar refractivity (Wildman–Crippen MR) is 51.8 cm³/mol. The maximum Gasteiger partial charge on any atom is 0.252 e. The van der Waals surface area contributed by atoms with Gasteiger partial charge in [-0.15, -0.1) is 0 Å². The Bertz CT molecular complexity index is 295. The van der Waals surface area contributed by atoms with Crippen molar-refractivity contribution in [2.75, 3.05) is 5.32 Å². The number of halogens is 1. The van der Waals surface area contributed by atoms with Gasteiger partial charge in [-0.25, -0.2) is 0 Å². The summed E-state index contributed by atoms with van der Waals surface area (Å²) in [7, 11) is 0. The van der Waals surface area contributed by atoms with Crippen molar-refractivity contribution in [1.29, 1.82) is 0 Å². The molecule has 0 spiro atoms. The summed E-state index contributed by atoms with van der Waals surface area (Å²) in [5.41, 5.74) is 0.621. The van der Waals surface area contributed by atoms with Gasteiger partial charge in [-0.1, -0.05) is 11.6 Å². The Morgan fingerprint density at radius 1 is 1.46 bits per heavy atom. The lowest BCUT2D eigenvalue weighted by Gasteiger charge is -2.06. The van der Waals surface area contributed by atoms with Crippen molar-refractivity contribution >= 4 is 23.2 Å². The molecule has 1 aromatic rings. The fourth-order valence-electron chi connectivity index (χ4n) is 0.780. The summed E-state index contributed by atoms with van der Waals surface area (Å²) >= 11 is 5.65. The third-order valence-corrected chi connectivity index (χ3v) is 1.74. The Morgan fingerprint density at radius 3 is 2.46 bits per heavy atom. The largest absolute Gasteiger partial charge is 0.384 e. The highest BCUT2D eigenvalue weighted by Crippen LogP contribution is 2.13. The van der Waals surface area contributed by atoms with Gasteiger partial charge in [0.2, 0.25) is 0 Å². The van der Waals surface area contributed by atoms with Crippen LogP contribution >= 0.6 is 11.6 Å². The SMILES string of the molecule is C[C@@H](O)C(=O)Nc1ccc(Cl)cc1. The van der Waals surface area contributed by atoms with Crippen LogP contribution in [0.15, 0.2) is 24.3 Å². The molecular weight excluding hydrogens is 190 g/mol. The Balaban J connectivity index is 2.65. The van der Waals surface area contributed by atoms with Gasteiger partial charge in [0, 0.05) is 10.7 Å². The van der Waals surface area contributed by atoms with Crippen LogP contribution in [0.4, 0.5) is 5.69 Å². The second kappa shape index (κ2) is 4.25. The molecule has 70 valence electrons. The maximum atomic E-state index is 11.0. The van der Waals surface area contributed by atoms with Crippen molar-refractivity contribution in [3.8, 4) is 0 Å². The molecule has 13 heavy (non-hydrogen) atoms. The van der Waals surface area contributed by atoms with E-state index in [1.54, 1.807) is 24.3 Å². The van der Waals surface area contributed by atoms with E-state index < -0.39 is 12.0 Å². The van der Waals surface area contributed by atoms with E-state index in [1.807, 2.05) is 0 Å². The number of carbonyl (C=O) groups excluding carboxylic acids is 1. The molecule has 0 aliphatic rings. The van der Waals surface area contributed by atoms with Gasteiger partial charge in [0.1, 0.15) is 6.10 Å². The maximum absolute atomic E-state index is 11.0. The van der Waals surface area contributed by atoms with Gasteiger partial charge in [0.05, 0.1) is 0 Å². The van der Waals surface area contributed by atoms with Gasteiger partial charge in [-0.05, 0) is 31.2 Å². The highest BCUT2D eigenvalue weighted by Gasteiger charge is 2.07. The van der Waals surface area contributed by atoms with Gasteiger partial charge in [0.25, 0.3) is 5.91 Å². The zero-order chi connectivity index (χ0) is 9.84. The molecule has 1 aromatic carbocycles. The van der Waals surface area contributed by atoms with Gasteiger partial charge in [-0.2, -0.15) is 0 Å². The molecule has 0 radical (unpaired) electrons. The number of anilines is 1. The summed E-state index contributed by atoms with van der Waals surface area (Å²) in [6.45, 7) is 1.41. The van der Waals surface area contributed by atoms with E-state index in [1.165, 1.54) is 6.92 Å². The van der Waals surface area contributed by atoms with Crippen LogP contribution in [0.3, 0.4) is 0 Å². The highest BCUT2D eigenvalue weighted by molar-refractivity contribution is 6.30. The summed E-state index contributed by atoms with van der Waals surface area (Å²) in [5, 5.41) is 12.0. The summed E-state index contributed by atoms with van der Waals surface area (Å²) < 4.78 is 0. The lowest BCUT2D eigenvalue weighted by atomic mass is 10.3. The molecule has 2 N–H and O–H groups in total. The number of hydrogen-bond acceptors (Lipinski definition) is 2. The summed E-state index contributed by atoms with van der Waals surface area (Å²) in [5.74, 6) is -0.428. The molecule has 3 nitrogen and oxygen atoms in total. The molecule has 0 unspecified atom stereocenters. The van der Waals surface area contributed by atoms with Gasteiger partial charge < -0.3 is 10.4 Å². The fourth-order valence-corrected chi connectivity index (χ4v) is 0.906. The summed E-state index contributed by atoms with van der Waals surface area (Å²) in [6.07, 6.45) is -1.00. The summed E-state index contributed by atoms with van der Waals surface area (Å²) in [4.78, 5) is 11.0. The third-order valence-electron chi connectivity index (χ3n) is 1.49. The Hall–Kier alpha value is -1.06. The standard InChI is InChI=1S/C9H10ClNO2/c1-6(12)9(13)11-8-4-2-7(10)3-5-8/h2-6,12H,1H3,(H,11,13)/t6-/m1/s1. The molecule has 1 amide bonds. The molecule has 4 heteroatoms. The molecule has 0 aliphatic carbocycles. The van der Waals surface area contributed by atoms with Gasteiger partial charge >= 0.3 is 0 Å². The molecule has 0 bridgehead atoms. The van der Waals surface area contributed by atoms with Crippen LogP contribution in [0.5, 0.6) is 0 Å². The quantitative estimate of drug-likeness (QED) is 0.761. The van der Waals surface area contributed by atoms with Crippen molar-refractivity contribution in [3.63, 3.8) is 0 Å². The number of rotatable bonds is 2. The van der Waals surface area contributed by atoms with Crippen LogP contribution in [-0.4, -0.2) is 17.1 Å². The van der Waals surface area contributed by atoms with E-state index in [0.717, 1.165) is 0 Å². The van der Waals surface area contributed by atoms with E-state index in [0.29, 0.717) is 10.7 Å². The molecule has 0 saturated heterocycles. The Morgan fingerprint density at radius 2 is 2.00 bits per heavy atom. The third kappa shape index (κ3) is 3.05. The lowest BCUT2D eigenvalue weighted by molar-refractivity contribution is -0.123. The van der Waals surface area contributed by atoms with E-state index in [9.17, 15) is 4.79 Å². The minimum absolute atomic E-state index is 0.428. The van der Waals surface area contributed by atoms with Crippen molar-refractivity contribution in [3.05, 3.63) is 29.3 Å². The number of aliphatic hydroxyl groups is 1. The lowest BCUT2D eigenvalue weighted by Crippen LogP contribution is -2.24. The molecule has 0 aliphatic heterocycles. The molecular formula is C9H10ClNO2. The van der Waals surface area contributed by atoms with Crippen molar-refractivity contribution in [1.82, 2.24) is 0 Å². The van der Waals surface area contributed by atoms with E-state index in [4.69, 9.17) is 16.7 Å². The highest BCUT2D eigenvalue weighted by atomic mass is 35.5. The van der Waals surface area contributed by atoms with Gasteiger partial charge in [-0.3, -0.25) is 4.79 Å². The zero-order valence-corrected chi connectivity index (χ0v) is 7.88. The molecule has 0 aromatic heterocycles. The first-order valence-electron chi connectivity index (χ1n) is 3.84. The number of nitrogens with one attached hydrogen (secondary N) is 1. The smallest absolute Gasteiger partial charge is 0.252 e. The second-order valence-corrected chi connectivity index (χ2v) is 3.11. The average molecular weight is 200 g/mol. The monoisotopic (exact) mass is 199 g/mol. The first-order valence-corrected chi connectivity index (χ1v) is 4.22. The normalized spacial score (nSPS) is 12.2. The number of aliphatic hydroxyl groups excluding tert-OH is 1. The molecule has 1 rings (SSSR count). The predicted octanol–water partition coefficient (Wildman–Crippen LogP) is 1.66. The number of amides is 1. The molecule has 1 atom stereocenters. The van der Waals surface area contributed by atoms with E-state index in [-0.39, 0.29) is 0 Å². The van der Waals surface area contributed by atoms with Crippen molar-refractivity contribution in [2.24, 2.45) is 0 Å². The fraction of sp³-hybridized carbons (Fsp3) is 0.222. The Labute approximate surface area is 81.3 Å². The van der Waals surface area contributed by atoms with E-state index in [2.05, 4.69) is 5.32 Å². The number of carbonyl (C=O) groups is 1. The average Bonchev–Trinajstić information content (AvgIpc) is 2.08. The molecule has 0 fully saturated rings. The minimum atomic E-state index is -1.00. The van der Waals surface area contributed by atoms with Crippen LogP contribution in [0.2, 0.25) is 5.02 Å². The first kappa shape index (κ1) is 10.0. The van der Waals surface area contributed by atoms with Crippen LogP contribution in [-0.2, 0) is 4.79 Å². The van der Waals surface area contributed by atoms with E-state index >= 15 is 0 Å². The number of hydrogen-bond donors (Lipinski definition) is 2. The van der Waals surface area contributed by atoms with Crippen LogP contribution < -0.4 is 5.32 Å². The number of benzene rings is 1. The van der Waals surface area contributed by atoms with Crippen LogP contribution in [0.25, 0.3) is 0 Å². The summed E-state index contributed by atoms with van der Waals surface area (Å²) in [6, 6.07) is 6.67. The zero-order valence-electron chi connectivity index (χ0n) is 7.12. The second-order valence-electron chi connectivity index (χ2n) is 2.67. The van der Waals surface area contributed by atoms with Crippen LogP contribution in [0.1, 0.15) is 6.92 Å². The Kier molecular flexibility index (Phi) is 3.28. The van der Waals surface area contributed by atoms with Crippen molar-refractivity contribution in [2.45, 2.75) is 13.0 Å².